The van der Waals surface area contributed by atoms with Gasteiger partial charge in [0.25, 0.3) is 0 Å². The summed E-state index contributed by atoms with van der Waals surface area (Å²) < 4.78 is 80.8. The molecule has 0 bridgehead atoms. The van der Waals surface area contributed by atoms with Crippen LogP contribution in [0.5, 0.6) is 0 Å². The van der Waals surface area contributed by atoms with Crippen molar-refractivity contribution in [2.75, 3.05) is 6.54 Å². The first-order chi connectivity index (χ1) is 15.3. The quantitative estimate of drug-likeness (QED) is 0.507. The lowest BCUT2D eigenvalue weighted by Crippen LogP contribution is -2.53. The van der Waals surface area contributed by atoms with Crippen LogP contribution >= 0.6 is 0 Å². The summed E-state index contributed by atoms with van der Waals surface area (Å²) in [6.45, 7) is 0.776. The summed E-state index contributed by atoms with van der Waals surface area (Å²) in [4.78, 5) is 26.4. The van der Waals surface area contributed by atoms with Crippen molar-refractivity contribution in [2.45, 2.75) is 66.9 Å². The lowest BCUT2D eigenvalue weighted by atomic mass is 10.0. The van der Waals surface area contributed by atoms with Crippen LogP contribution in [-0.2, 0) is 19.4 Å². The Labute approximate surface area is 187 Å². The first-order valence-electron chi connectivity index (χ1n) is 10.4. The van der Waals surface area contributed by atoms with Gasteiger partial charge in [0.1, 0.15) is 22.8 Å². The Hall–Kier alpha value is -2.68. The monoisotopic (exact) mass is 487 g/mol. The van der Waals surface area contributed by atoms with Crippen LogP contribution in [0.2, 0.25) is 0 Å². The summed E-state index contributed by atoms with van der Waals surface area (Å²) in [5, 5.41) is 10.3. The van der Waals surface area contributed by atoms with Gasteiger partial charge in [-0.05, 0) is 62.8 Å². The van der Waals surface area contributed by atoms with E-state index >= 15 is 0 Å². The largest absolute Gasteiger partial charge is 0.403 e. The Morgan fingerprint density at radius 3 is 2.33 bits per heavy atom. The number of aryl methyl sites for hydroxylation is 1. The van der Waals surface area contributed by atoms with Gasteiger partial charge in [0, 0.05) is 6.54 Å². The molecule has 3 aliphatic rings. The van der Waals surface area contributed by atoms with Gasteiger partial charge in [-0.15, -0.1) is 0 Å². The fourth-order valence-electron chi connectivity index (χ4n) is 4.33. The number of carbonyl (C=O) groups excluding carboxylic acids is 2. The zero-order valence-corrected chi connectivity index (χ0v) is 18.4. The van der Waals surface area contributed by atoms with Gasteiger partial charge in [0.15, 0.2) is 9.84 Å². The number of sulfone groups is 1. The molecular weight excluding hydrogens is 466 g/mol. The summed E-state index contributed by atoms with van der Waals surface area (Å²) in [5.41, 5.74) is -3.66. The maximum atomic E-state index is 13.6. The van der Waals surface area contributed by atoms with Crippen LogP contribution in [0, 0.1) is 29.5 Å². The zero-order valence-electron chi connectivity index (χ0n) is 17.6. The van der Waals surface area contributed by atoms with Crippen molar-refractivity contribution in [2.24, 2.45) is 5.41 Å². The van der Waals surface area contributed by atoms with Crippen LogP contribution in [-0.4, -0.2) is 54.7 Å². The molecule has 2 saturated carbocycles. The van der Waals surface area contributed by atoms with Gasteiger partial charge in [-0.3, -0.25) is 9.59 Å². The topological polar surface area (TPSA) is 107 Å². The van der Waals surface area contributed by atoms with Crippen LogP contribution in [0.25, 0.3) is 0 Å². The van der Waals surface area contributed by atoms with Crippen LogP contribution in [0.3, 0.4) is 0 Å². The minimum Gasteiger partial charge on any atom is -0.336 e. The van der Waals surface area contributed by atoms with Gasteiger partial charge in [0.05, 0.1) is 16.2 Å². The van der Waals surface area contributed by atoms with Crippen molar-refractivity contribution in [3.8, 4) is 6.07 Å². The molecule has 2 amide bonds. The molecule has 1 aromatic carbocycles. The number of amides is 2. The van der Waals surface area contributed by atoms with Crippen molar-refractivity contribution >= 4 is 21.7 Å². The number of hydrogen-bond acceptors (Lipinski definition) is 5. The highest BCUT2D eigenvalue weighted by Crippen LogP contribution is 2.59. The van der Waals surface area contributed by atoms with E-state index in [1.54, 1.807) is 0 Å². The molecule has 3 fully saturated rings. The number of rotatable bonds is 5. The van der Waals surface area contributed by atoms with Gasteiger partial charge in [-0.1, -0.05) is 0 Å². The van der Waals surface area contributed by atoms with E-state index in [1.165, 1.54) is 6.92 Å². The van der Waals surface area contributed by atoms with E-state index in [1.807, 2.05) is 6.07 Å². The van der Waals surface area contributed by atoms with Gasteiger partial charge >= 0.3 is 6.18 Å². The van der Waals surface area contributed by atoms with Crippen molar-refractivity contribution in [1.29, 1.82) is 5.26 Å². The molecule has 1 aromatic rings. The molecule has 4 rings (SSSR count). The maximum absolute atomic E-state index is 13.6. The summed E-state index contributed by atoms with van der Waals surface area (Å²) in [7, 11) is -4.20. The molecule has 12 heteroatoms. The summed E-state index contributed by atoms with van der Waals surface area (Å²) >= 11 is 0. The highest BCUT2D eigenvalue weighted by molar-refractivity contribution is 7.92. The standard InChI is InChI=1S/C21H21F4N3O4S/c1-12-8-13(22)2-3-16(12)33(31,32)14-9-15(17(29)27-19(11-26)4-5-19)28(10-14)18(30)20(6-7-20)21(23,24)25/h2-3,8,14-15H,4-7,9-10H2,1H3,(H,27,29)/t14-,15+/m1/s1. The Bertz CT molecular complexity index is 1170. The Morgan fingerprint density at radius 1 is 1.21 bits per heavy atom. The second-order valence-corrected chi connectivity index (χ2v) is 11.2. The third-order valence-electron chi connectivity index (χ3n) is 6.74. The van der Waals surface area contributed by atoms with Gasteiger partial charge in [-0.2, -0.15) is 18.4 Å². The molecule has 0 radical (unpaired) electrons. The molecule has 1 aliphatic heterocycles. The SMILES string of the molecule is Cc1cc(F)ccc1S(=O)(=O)[C@@H]1C[C@@H](C(=O)NC2(C#N)CC2)N(C(=O)C2(C(F)(F)F)CC2)C1. The molecule has 178 valence electrons. The highest BCUT2D eigenvalue weighted by atomic mass is 32.2. The number of nitrogens with one attached hydrogen (secondary N) is 1. The molecule has 33 heavy (non-hydrogen) atoms. The number of alkyl halides is 3. The lowest BCUT2D eigenvalue weighted by Gasteiger charge is -2.29. The van der Waals surface area contributed by atoms with E-state index in [2.05, 4.69) is 5.32 Å². The molecule has 1 heterocycles. The van der Waals surface area contributed by atoms with Crippen LogP contribution in [0.4, 0.5) is 17.6 Å². The molecule has 2 atom stereocenters. The van der Waals surface area contributed by atoms with E-state index in [9.17, 15) is 40.8 Å². The zero-order chi connectivity index (χ0) is 24.4. The minimum atomic E-state index is -4.83. The Morgan fingerprint density at radius 2 is 1.85 bits per heavy atom. The van der Waals surface area contributed by atoms with Crippen molar-refractivity contribution in [3.63, 3.8) is 0 Å². The normalized spacial score (nSPS) is 25.3. The number of nitriles is 1. The molecule has 0 unspecified atom stereocenters. The van der Waals surface area contributed by atoms with Gasteiger partial charge < -0.3 is 10.2 Å². The minimum absolute atomic E-state index is 0.108. The van der Waals surface area contributed by atoms with Gasteiger partial charge in [-0.25, -0.2) is 12.8 Å². The fourth-order valence-corrected chi connectivity index (χ4v) is 6.25. The molecule has 0 spiro atoms. The predicted octanol–water partition coefficient (Wildman–Crippen LogP) is 2.39. The van der Waals surface area contributed by atoms with E-state index < -0.39 is 81.7 Å². The highest BCUT2D eigenvalue weighted by Gasteiger charge is 2.70. The average Bonchev–Trinajstić information content (AvgIpc) is 3.63. The van der Waals surface area contributed by atoms with Crippen LogP contribution in [0.15, 0.2) is 23.1 Å². The smallest absolute Gasteiger partial charge is 0.336 e. The van der Waals surface area contributed by atoms with E-state index in [4.69, 9.17) is 0 Å². The van der Waals surface area contributed by atoms with Crippen molar-refractivity contribution in [3.05, 3.63) is 29.6 Å². The molecule has 2 aliphatic carbocycles. The van der Waals surface area contributed by atoms with E-state index in [0.29, 0.717) is 17.7 Å². The number of likely N-dealkylation sites (tertiary alicyclic amines) is 1. The third-order valence-corrected chi connectivity index (χ3v) is 9.03. The van der Waals surface area contributed by atoms with Crippen LogP contribution in [0.1, 0.15) is 37.7 Å². The molecule has 1 N–H and O–H groups in total. The number of hydrogen-bond donors (Lipinski definition) is 1. The van der Waals surface area contributed by atoms with Crippen molar-refractivity contribution < 1.29 is 35.6 Å². The number of benzene rings is 1. The van der Waals surface area contributed by atoms with Gasteiger partial charge in [0.2, 0.25) is 11.8 Å². The number of nitrogens with zero attached hydrogens (tertiary/aromatic N) is 2. The van der Waals surface area contributed by atoms with Crippen molar-refractivity contribution in [1.82, 2.24) is 10.2 Å². The summed E-state index contributed by atoms with van der Waals surface area (Å²) in [6, 6.07) is 3.49. The van der Waals surface area contributed by atoms with E-state index in [-0.39, 0.29) is 10.5 Å². The Balaban J connectivity index is 1.67. The second-order valence-electron chi connectivity index (χ2n) is 9.05. The molecule has 1 saturated heterocycles. The molecule has 0 aromatic heterocycles. The lowest BCUT2D eigenvalue weighted by molar-refractivity contribution is -0.199. The first kappa shape index (κ1) is 23.5. The predicted molar refractivity (Wildman–Crippen MR) is 106 cm³/mol. The maximum Gasteiger partial charge on any atom is 0.403 e. The second kappa shape index (κ2) is 7.41. The third kappa shape index (κ3) is 3.86. The first-order valence-corrected chi connectivity index (χ1v) is 11.9. The molecule has 7 nitrogen and oxygen atoms in total. The Kier molecular flexibility index (Phi) is 5.27. The summed E-state index contributed by atoms with van der Waals surface area (Å²) in [5.74, 6) is -2.83. The van der Waals surface area contributed by atoms with Crippen LogP contribution < -0.4 is 5.32 Å². The number of halogens is 4. The number of carbonyl (C=O) groups is 2. The summed E-state index contributed by atoms with van der Waals surface area (Å²) in [6.07, 6.45) is -5.41. The average molecular weight is 487 g/mol. The fraction of sp³-hybridized carbons (Fsp3) is 0.571. The molecular formula is C21H21F4N3O4S. The van der Waals surface area contributed by atoms with E-state index in [0.717, 1.165) is 18.2 Å².